The molecule has 0 fully saturated rings. The molecule has 0 spiro atoms. The topological polar surface area (TPSA) is 70.9 Å². The summed E-state index contributed by atoms with van der Waals surface area (Å²) in [6, 6.07) is 19.1. The average molecular weight is 342 g/mol. The summed E-state index contributed by atoms with van der Waals surface area (Å²) in [6.45, 7) is 2.77. The zero-order valence-corrected chi connectivity index (χ0v) is 14.3. The summed E-state index contributed by atoms with van der Waals surface area (Å²) in [5, 5.41) is 12.8. The van der Waals surface area contributed by atoms with Gasteiger partial charge in [-0.05, 0) is 48.9 Å². The Morgan fingerprint density at radius 1 is 0.885 bits per heavy atom. The molecule has 0 bridgehead atoms. The highest BCUT2D eigenvalue weighted by Crippen LogP contribution is 2.21. The fourth-order valence-corrected chi connectivity index (χ4v) is 2.67. The van der Waals surface area contributed by atoms with E-state index in [0.717, 1.165) is 22.6 Å². The molecule has 2 aromatic carbocycles. The lowest BCUT2D eigenvalue weighted by atomic mass is 10.1. The van der Waals surface area contributed by atoms with E-state index in [1.54, 1.807) is 18.3 Å². The van der Waals surface area contributed by atoms with E-state index in [1.807, 2.05) is 24.3 Å². The zero-order valence-electron chi connectivity index (χ0n) is 14.3. The van der Waals surface area contributed by atoms with E-state index in [9.17, 15) is 5.11 Å². The fraction of sp³-hybridized carbons (Fsp3) is 0.0952. The summed E-state index contributed by atoms with van der Waals surface area (Å²) in [6.07, 6.45) is 1.72. The van der Waals surface area contributed by atoms with Crippen molar-refractivity contribution < 1.29 is 5.11 Å². The van der Waals surface area contributed by atoms with Gasteiger partial charge in [0.15, 0.2) is 5.65 Å². The lowest BCUT2D eigenvalue weighted by Crippen LogP contribution is -2.02. The summed E-state index contributed by atoms with van der Waals surface area (Å²) < 4.78 is 0. The molecule has 4 aromatic rings. The largest absolute Gasteiger partial charge is 0.508 e. The second kappa shape index (κ2) is 6.80. The van der Waals surface area contributed by atoms with Crippen LogP contribution >= 0.6 is 0 Å². The van der Waals surface area contributed by atoms with Gasteiger partial charge >= 0.3 is 0 Å². The lowest BCUT2D eigenvalue weighted by molar-refractivity contribution is 0.475. The number of phenols is 1. The summed E-state index contributed by atoms with van der Waals surface area (Å²) in [4.78, 5) is 13.6. The minimum Gasteiger partial charge on any atom is -0.508 e. The van der Waals surface area contributed by atoms with Crippen molar-refractivity contribution in [1.82, 2.24) is 15.0 Å². The Kier molecular flexibility index (Phi) is 4.19. The van der Waals surface area contributed by atoms with E-state index in [1.165, 1.54) is 11.1 Å². The van der Waals surface area contributed by atoms with Crippen LogP contribution in [0, 0.1) is 6.92 Å². The molecule has 2 heterocycles. The standard InChI is InChI=1S/C21H18N4O/c1-14-2-4-15(5-3-14)12-23-20-11-10-18-21(25-20)24-19(13-22-18)16-6-8-17(26)9-7-16/h2-11,13,26H,12H2,1H3,(H,23,24,25). The molecule has 5 heteroatoms. The molecular formula is C21H18N4O. The van der Waals surface area contributed by atoms with E-state index in [4.69, 9.17) is 0 Å². The van der Waals surface area contributed by atoms with Crippen molar-refractivity contribution in [1.29, 1.82) is 0 Å². The molecule has 2 aromatic heterocycles. The van der Waals surface area contributed by atoms with Gasteiger partial charge in [-0.2, -0.15) is 0 Å². The number of hydrogen-bond donors (Lipinski definition) is 2. The Hall–Kier alpha value is -3.47. The van der Waals surface area contributed by atoms with Crippen molar-refractivity contribution in [3.8, 4) is 17.0 Å². The van der Waals surface area contributed by atoms with Gasteiger partial charge in [0.05, 0.1) is 11.9 Å². The van der Waals surface area contributed by atoms with Crippen molar-refractivity contribution in [3.05, 3.63) is 78.0 Å². The molecule has 2 N–H and O–H groups in total. The van der Waals surface area contributed by atoms with Gasteiger partial charge in [-0.15, -0.1) is 0 Å². The monoisotopic (exact) mass is 342 g/mol. The Bertz CT molecular complexity index is 1040. The van der Waals surface area contributed by atoms with Gasteiger partial charge in [-0.3, -0.25) is 4.98 Å². The molecule has 4 rings (SSSR count). The third-order valence-corrected chi connectivity index (χ3v) is 4.16. The molecule has 0 saturated carbocycles. The highest BCUT2D eigenvalue weighted by atomic mass is 16.3. The number of rotatable bonds is 4. The SMILES string of the molecule is Cc1ccc(CNc2ccc3ncc(-c4ccc(O)cc4)nc3n2)cc1. The Morgan fingerprint density at radius 2 is 1.65 bits per heavy atom. The number of aryl methyl sites for hydroxylation is 1. The van der Waals surface area contributed by atoms with Crippen LogP contribution in [0.15, 0.2) is 66.9 Å². The average Bonchev–Trinajstić information content (AvgIpc) is 2.67. The van der Waals surface area contributed by atoms with Crippen LogP contribution in [0.2, 0.25) is 0 Å². The molecule has 128 valence electrons. The van der Waals surface area contributed by atoms with Gasteiger partial charge in [-0.1, -0.05) is 29.8 Å². The third-order valence-electron chi connectivity index (χ3n) is 4.16. The van der Waals surface area contributed by atoms with E-state index < -0.39 is 0 Å². The van der Waals surface area contributed by atoms with Crippen LogP contribution in [0.1, 0.15) is 11.1 Å². The van der Waals surface area contributed by atoms with Gasteiger partial charge in [0.25, 0.3) is 0 Å². The number of aromatic nitrogens is 3. The van der Waals surface area contributed by atoms with Crippen molar-refractivity contribution in [2.45, 2.75) is 13.5 Å². The van der Waals surface area contributed by atoms with Crippen molar-refractivity contribution in [2.24, 2.45) is 0 Å². The first-order valence-electron chi connectivity index (χ1n) is 8.40. The number of benzene rings is 2. The van der Waals surface area contributed by atoms with Crippen LogP contribution in [-0.4, -0.2) is 20.1 Å². The van der Waals surface area contributed by atoms with Crippen LogP contribution < -0.4 is 5.32 Å². The van der Waals surface area contributed by atoms with Crippen LogP contribution in [0.5, 0.6) is 5.75 Å². The minimum absolute atomic E-state index is 0.225. The highest BCUT2D eigenvalue weighted by molar-refractivity contribution is 5.75. The van der Waals surface area contributed by atoms with Crippen LogP contribution in [-0.2, 0) is 6.54 Å². The Morgan fingerprint density at radius 3 is 2.42 bits per heavy atom. The number of fused-ring (bicyclic) bond motifs is 1. The molecule has 0 radical (unpaired) electrons. The maximum absolute atomic E-state index is 9.42. The number of nitrogens with one attached hydrogen (secondary N) is 1. The Labute approximate surface area is 151 Å². The second-order valence-electron chi connectivity index (χ2n) is 6.18. The first kappa shape index (κ1) is 16.0. The molecule has 0 aliphatic heterocycles. The number of phenolic OH excluding ortho intramolecular Hbond substituents is 1. The highest BCUT2D eigenvalue weighted by Gasteiger charge is 2.05. The number of aromatic hydroxyl groups is 1. The number of hydrogen-bond acceptors (Lipinski definition) is 5. The molecule has 0 atom stereocenters. The Balaban J connectivity index is 1.58. The lowest BCUT2D eigenvalue weighted by Gasteiger charge is -2.07. The van der Waals surface area contributed by atoms with Crippen LogP contribution in [0.4, 0.5) is 5.82 Å². The van der Waals surface area contributed by atoms with Crippen molar-refractivity contribution in [2.75, 3.05) is 5.32 Å². The fourth-order valence-electron chi connectivity index (χ4n) is 2.67. The first-order chi connectivity index (χ1) is 12.7. The molecule has 5 nitrogen and oxygen atoms in total. The molecular weight excluding hydrogens is 324 g/mol. The normalized spacial score (nSPS) is 10.8. The molecule has 0 aliphatic carbocycles. The molecule has 0 aliphatic rings. The summed E-state index contributed by atoms with van der Waals surface area (Å²) in [7, 11) is 0. The summed E-state index contributed by atoms with van der Waals surface area (Å²) in [5.74, 6) is 0.985. The van der Waals surface area contributed by atoms with E-state index >= 15 is 0 Å². The van der Waals surface area contributed by atoms with Gasteiger partial charge in [-0.25, -0.2) is 9.97 Å². The van der Waals surface area contributed by atoms with Crippen molar-refractivity contribution in [3.63, 3.8) is 0 Å². The maximum Gasteiger partial charge on any atom is 0.180 e. The van der Waals surface area contributed by atoms with Crippen molar-refractivity contribution >= 4 is 17.0 Å². The quantitative estimate of drug-likeness (QED) is 0.578. The van der Waals surface area contributed by atoms with Gasteiger partial charge in [0.2, 0.25) is 0 Å². The van der Waals surface area contributed by atoms with Gasteiger partial charge < -0.3 is 10.4 Å². The van der Waals surface area contributed by atoms with Gasteiger partial charge in [0, 0.05) is 12.1 Å². The summed E-state index contributed by atoms with van der Waals surface area (Å²) >= 11 is 0. The molecule has 0 saturated heterocycles. The molecule has 0 unspecified atom stereocenters. The van der Waals surface area contributed by atoms with E-state index in [-0.39, 0.29) is 5.75 Å². The summed E-state index contributed by atoms with van der Waals surface area (Å²) in [5.41, 5.74) is 5.38. The second-order valence-corrected chi connectivity index (χ2v) is 6.18. The minimum atomic E-state index is 0.225. The third kappa shape index (κ3) is 3.47. The van der Waals surface area contributed by atoms with Crippen LogP contribution in [0.25, 0.3) is 22.4 Å². The first-order valence-corrected chi connectivity index (χ1v) is 8.40. The number of nitrogens with zero attached hydrogens (tertiary/aromatic N) is 3. The maximum atomic E-state index is 9.42. The number of anilines is 1. The predicted octanol–water partition coefficient (Wildman–Crippen LogP) is 4.32. The van der Waals surface area contributed by atoms with Gasteiger partial charge in [0.1, 0.15) is 17.1 Å². The molecule has 0 amide bonds. The van der Waals surface area contributed by atoms with Crippen LogP contribution in [0.3, 0.4) is 0 Å². The molecule has 26 heavy (non-hydrogen) atoms. The van der Waals surface area contributed by atoms with E-state index in [0.29, 0.717) is 12.2 Å². The smallest absolute Gasteiger partial charge is 0.180 e. The van der Waals surface area contributed by atoms with E-state index in [2.05, 4.69) is 51.5 Å². The zero-order chi connectivity index (χ0) is 17.9. The number of pyridine rings is 1. The predicted molar refractivity (Wildman–Crippen MR) is 103 cm³/mol.